The minimum atomic E-state index is -0.465. The first-order chi connectivity index (χ1) is 12.5. The average molecular weight is 356 g/mol. The van der Waals surface area contributed by atoms with E-state index in [9.17, 15) is 9.59 Å². The molecule has 6 heteroatoms. The molecule has 0 fully saturated rings. The number of hydrogen-bond acceptors (Lipinski definition) is 4. The van der Waals surface area contributed by atoms with Gasteiger partial charge in [-0.05, 0) is 49.1 Å². The van der Waals surface area contributed by atoms with Crippen LogP contribution in [0.2, 0.25) is 0 Å². The number of rotatable bonds is 7. The van der Waals surface area contributed by atoms with Gasteiger partial charge in [-0.25, -0.2) is 0 Å². The molecular formula is C20H24N2O4. The highest BCUT2D eigenvalue weighted by Gasteiger charge is 2.11. The number of carbonyl (C=O) groups excluding carboxylic acids is 2. The van der Waals surface area contributed by atoms with Crippen LogP contribution in [0.3, 0.4) is 0 Å². The SMILES string of the molecule is CCC(C)c1ccccc1OCC(=O)NNC(=O)C=Cc1ccc(C)o1. The van der Waals surface area contributed by atoms with Gasteiger partial charge in [-0.2, -0.15) is 0 Å². The van der Waals surface area contributed by atoms with Crippen molar-refractivity contribution in [2.75, 3.05) is 6.61 Å². The highest BCUT2D eigenvalue weighted by molar-refractivity contribution is 5.92. The van der Waals surface area contributed by atoms with Crippen molar-refractivity contribution in [3.63, 3.8) is 0 Å². The summed E-state index contributed by atoms with van der Waals surface area (Å²) in [5.74, 6) is 1.43. The van der Waals surface area contributed by atoms with Crippen LogP contribution >= 0.6 is 0 Å². The topological polar surface area (TPSA) is 80.6 Å². The summed E-state index contributed by atoms with van der Waals surface area (Å²) in [5, 5.41) is 0. The third kappa shape index (κ3) is 5.81. The van der Waals surface area contributed by atoms with E-state index in [1.807, 2.05) is 31.2 Å². The molecule has 26 heavy (non-hydrogen) atoms. The van der Waals surface area contributed by atoms with Crippen molar-refractivity contribution < 1.29 is 18.7 Å². The fourth-order valence-corrected chi connectivity index (χ4v) is 2.29. The molecule has 0 saturated carbocycles. The van der Waals surface area contributed by atoms with E-state index in [2.05, 4.69) is 24.7 Å². The van der Waals surface area contributed by atoms with Gasteiger partial charge < -0.3 is 9.15 Å². The Hall–Kier alpha value is -3.02. The third-order valence-corrected chi connectivity index (χ3v) is 3.91. The zero-order chi connectivity index (χ0) is 18.9. The predicted octanol–water partition coefficient (Wildman–Crippen LogP) is 3.34. The quantitative estimate of drug-likeness (QED) is 0.589. The van der Waals surface area contributed by atoms with Gasteiger partial charge >= 0.3 is 0 Å². The second-order valence-electron chi connectivity index (χ2n) is 5.95. The van der Waals surface area contributed by atoms with E-state index in [4.69, 9.17) is 9.15 Å². The molecule has 1 heterocycles. The summed E-state index contributed by atoms with van der Waals surface area (Å²) in [5.41, 5.74) is 5.67. The second-order valence-corrected chi connectivity index (χ2v) is 5.95. The van der Waals surface area contributed by atoms with Crippen LogP contribution in [0, 0.1) is 6.92 Å². The standard InChI is InChI=1S/C20H24N2O4/c1-4-14(2)17-7-5-6-8-18(17)25-13-20(24)22-21-19(23)12-11-16-10-9-15(3)26-16/h5-12,14H,4,13H2,1-3H3,(H,21,23)(H,22,24). The van der Waals surface area contributed by atoms with Gasteiger partial charge in [0.15, 0.2) is 6.61 Å². The zero-order valence-corrected chi connectivity index (χ0v) is 15.2. The fourth-order valence-electron chi connectivity index (χ4n) is 2.29. The fraction of sp³-hybridized carbons (Fsp3) is 0.300. The maximum atomic E-state index is 11.9. The van der Waals surface area contributed by atoms with E-state index in [1.165, 1.54) is 12.2 Å². The van der Waals surface area contributed by atoms with Crippen LogP contribution in [0.15, 0.2) is 46.9 Å². The molecule has 1 aromatic carbocycles. The lowest BCUT2D eigenvalue weighted by Crippen LogP contribution is -2.43. The summed E-state index contributed by atoms with van der Waals surface area (Å²) >= 11 is 0. The number of ether oxygens (including phenoxy) is 1. The number of hydrazine groups is 1. The largest absolute Gasteiger partial charge is 0.483 e. The van der Waals surface area contributed by atoms with E-state index in [0.29, 0.717) is 17.4 Å². The summed E-state index contributed by atoms with van der Waals surface area (Å²) in [6.07, 6.45) is 3.77. The molecule has 0 radical (unpaired) electrons. The van der Waals surface area contributed by atoms with E-state index in [1.54, 1.807) is 12.1 Å². The second kappa shape index (κ2) is 9.46. The van der Waals surface area contributed by atoms with E-state index < -0.39 is 11.8 Å². The van der Waals surface area contributed by atoms with Crippen molar-refractivity contribution in [3.05, 3.63) is 59.6 Å². The number of furan rings is 1. The molecule has 0 spiro atoms. The summed E-state index contributed by atoms with van der Waals surface area (Å²) in [7, 11) is 0. The minimum absolute atomic E-state index is 0.186. The number of hydrogen-bond donors (Lipinski definition) is 2. The van der Waals surface area contributed by atoms with E-state index >= 15 is 0 Å². The van der Waals surface area contributed by atoms with Gasteiger partial charge in [-0.3, -0.25) is 20.4 Å². The van der Waals surface area contributed by atoms with Crippen LogP contribution in [0.5, 0.6) is 5.75 Å². The lowest BCUT2D eigenvalue weighted by molar-refractivity contribution is -0.128. The highest BCUT2D eigenvalue weighted by atomic mass is 16.5. The Morgan fingerprint density at radius 3 is 2.65 bits per heavy atom. The molecule has 138 valence electrons. The van der Waals surface area contributed by atoms with Crippen molar-refractivity contribution >= 4 is 17.9 Å². The maximum absolute atomic E-state index is 11.9. The number of benzene rings is 1. The van der Waals surface area contributed by atoms with Crippen molar-refractivity contribution in [1.82, 2.24) is 10.9 Å². The van der Waals surface area contributed by atoms with Crippen LogP contribution in [-0.4, -0.2) is 18.4 Å². The molecule has 6 nitrogen and oxygen atoms in total. The van der Waals surface area contributed by atoms with Gasteiger partial charge in [0.2, 0.25) is 0 Å². The van der Waals surface area contributed by atoms with Crippen LogP contribution in [0.4, 0.5) is 0 Å². The maximum Gasteiger partial charge on any atom is 0.276 e. The molecule has 0 bridgehead atoms. The molecular weight excluding hydrogens is 332 g/mol. The molecule has 2 N–H and O–H groups in total. The van der Waals surface area contributed by atoms with Gasteiger partial charge in [0.25, 0.3) is 11.8 Å². The molecule has 2 aromatic rings. The number of carbonyl (C=O) groups is 2. The molecule has 1 aromatic heterocycles. The number of nitrogens with one attached hydrogen (secondary N) is 2. The lowest BCUT2D eigenvalue weighted by atomic mass is 9.98. The van der Waals surface area contributed by atoms with Crippen molar-refractivity contribution in [3.8, 4) is 5.75 Å². The van der Waals surface area contributed by atoms with Crippen molar-refractivity contribution in [2.45, 2.75) is 33.1 Å². The monoisotopic (exact) mass is 356 g/mol. The van der Waals surface area contributed by atoms with Gasteiger partial charge in [0, 0.05) is 6.08 Å². The Balaban J connectivity index is 1.79. The van der Waals surface area contributed by atoms with Gasteiger partial charge in [0.1, 0.15) is 17.3 Å². The normalized spacial score (nSPS) is 12.0. The Morgan fingerprint density at radius 1 is 1.19 bits per heavy atom. The Morgan fingerprint density at radius 2 is 1.96 bits per heavy atom. The molecule has 0 saturated heterocycles. The molecule has 2 amide bonds. The summed E-state index contributed by atoms with van der Waals surface area (Å²) in [6, 6.07) is 11.2. The first-order valence-electron chi connectivity index (χ1n) is 8.54. The Labute approximate surface area is 153 Å². The first-order valence-corrected chi connectivity index (χ1v) is 8.54. The smallest absolute Gasteiger partial charge is 0.276 e. The van der Waals surface area contributed by atoms with Gasteiger partial charge in [-0.1, -0.05) is 32.0 Å². The predicted molar refractivity (Wildman–Crippen MR) is 99.4 cm³/mol. The number of aryl methyl sites for hydroxylation is 1. The molecule has 0 aliphatic carbocycles. The molecule has 2 rings (SSSR count). The molecule has 0 aliphatic rings. The van der Waals surface area contributed by atoms with Crippen LogP contribution in [0.1, 0.15) is 43.3 Å². The molecule has 1 unspecified atom stereocenters. The Bertz CT molecular complexity index is 780. The molecule has 1 atom stereocenters. The van der Waals surface area contributed by atoms with Gasteiger partial charge in [0.05, 0.1) is 0 Å². The third-order valence-electron chi connectivity index (χ3n) is 3.91. The summed E-state index contributed by atoms with van der Waals surface area (Å²) in [6.45, 7) is 5.84. The van der Waals surface area contributed by atoms with E-state index in [0.717, 1.165) is 17.7 Å². The van der Waals surface area contributed by atoms with Crippen LogP contribution in [0.25, 0.3) is 6.08 Å². The number of para-hydroxylation sites is 1. The highest BCUT2D eigenvalue weighted by Crippen LogP contribution is 2.28. The Kier molecular flexibility index (Phi) is 7.02. The zero-order valence-electron chi connectivity index (χ0n) is 15.2. The minimum Gasteiger partial charge on any atom is -0.483 e. The van der Waals surface area contributed by atoms with Gasteiger partial charge in [-0.15, -0.1) is 0 Å². The van der Waals surface area contributed by atoms with Crippen LogP contribution < -0.4 is 15.6 Å². The first kappa shape index (κ1) is 19.3. The van der Waals surface area contributed by atoms with Crippen molar-refractivity contribution in [1.29, 1.82) is 0 Å². The lowest BCUT2D eigenvalue weighted by Gasteiger charge is -2.15. The molecule has 0 aliphatic heterocycles. The average Bonchev–Trinajstić information content (AvgIpc) is 3.07. The number of amides is 2. The van der Waals surface area contributed by atoms with Crippen LogP contribution in [-0.2, 0) is 9.59 Å². The van der Waals surface area contributed by atoms with E-state index in [-0.39, 0.29) is 6.61 Å². The summed E-state index contributed by atoms with van der Waals surface area (Å²) in [4.78, 5) is 23.5. The van der Waals surface area contributed by atoms with Crippen molar-refractivity contribution in [2.24, 2.45) is 0 Å². The summed E-state index contributed by atoms with van der Waals surface area (Å²) < 4.78 is 10.9.